The first-order chi connectivity index (χ1) is 16.5. The van der Waals surface area contributed by atoms with Crippen LogP contribution in [0.5, 0.6) is 0 Å². The molecule has 4 aromatic rings. The number of carbonyl (C=O) groups is 2. The SMILES string of the molecule is CCOC(=O)c1ccc(NC(=O)Cn2nc3c(Sc4ccccc4CC)nccn3c2=O)cc1. The number of amides is 1. The molecule has 34 heavy (non-hydrogen) atoms. The molecule has 0 aliphatic carbocycles. The molecule has 9 nitrogen and oxygen atoms in total. The minimum Gasteiger partial charge on any atom is -0.462 e. The summed E-state index contributed by atoms with van der Waals surface area (Å²) in [4.78, 5) is 42.6. The molecule has 4 rings (SSSR count). The standard InChI is InChI=1S/C24H23N5O4S/c1-3-16-7-5-6-8-19(16)34-22-21-27-29(24(32)28(21)14-13-25-22)15-20(30)26-18-11-9-17(10-12-18)23(31)33-4-2/h5-14H,3-4,15H2,1-2H3,(H,26,30). The van der Waals surface area contributed by atoms with E-state index in [9.17, 15) is 14.4 Å². The Morgan fingerprint density at radius 1 is 1.09 bits per heavy atom. The average molecular weight is 478 g/mol. The number of aryl methyl sites for hydroxylation is 1. The molecule has 0 spiro atoms. The summed E-state index contributed by atoms with van der Waals surface area (Å²) < 4.78 is 7.43. The molecule has 1 N–H and O–H groups in total. The lowest BCUT2D eigenvalue weighted by atomic mass is 10.2. The van der Waals surface area contributed by atoms with E-state index < -0.39 is 17.6 Å². The number of fused-ring (bicyclic) bond motifs is 1. The van der Waals surface area contributed by atoms with Gasteiger partial charge in [-0.15, -0.1) is 5.10 Å². The Morgan fingerprint density at radius 3 is 2.59 bits per heavy atom. The summed E-state index contributed by atoms with van der Waals surface area (Å²) in [7, 11) is 0. The van der Waals surface area contributed by atoms with E-state index in [0.29, 0.717) is 21.9 Å². The average Bonchev–Trinajstić information content (AvgIpc) is 3.16. The number of benzene rings is 2. The van der Waals surface area contributed by atoms with Gasteiger partial charge in [0.25, 0.3) is 0 Å². The first-order valence-electron chi connectivity index (χ1n) is 10.8. The minimum absolute atomic E-state index is 0.268. The fraction of sp³-hybridized carbons (Fsp3) is 0.208. The Bertz CT molecular complexity index is 1390. The molecule has 0 radical (unpaired) electrons. The monoisotopic (exact) mass is 477 g/mol. The van der Waals surface area contributed by atoms with Crippen molar-refractivity contribution in [2.45, 2.75) is 36.7 Å². The molecule has 2 heterocycles. The Hall–Kier alpha value is -3.92. The lowest BCUT2D eigenvalue weighted by molar-refractivity contribution is -0.117. The molecular weight excluding hydrogens is 454 g/mol. The second kappa shape index (κ2) is 10.3. The lowest BCUT2D eigenvalue weighted by Gasteiger charge is -2.06. The molecule has 2 aromatic heterocycles. The van der Waals surface area contributed by atoms with Gasteiger partial charge in [0.05, 0.1) is 12.2 Å². The highest BCUT2D eigenvalue weighted by molar-refractivity contribution is 7.99. The fourth-order valence-corrected chi connectivity index (χ4v) is 4.38. The largest absolute Gasteiger partial charge is 0.462 e. The van der Waals surface area contributed by atoms with Crippen LogP contribution in [0, 0.1) is 0 Å². The van der Waals surface area contributed by atoms with E-state index in [0.717, 1.165) is 16.0 Å². The summed E-state index contributed by atoms with van der Waals surface area (Å²) in [5.74, 6) is -0.853. The van der Waals surface area contributed by atoms with E-state index in [2.05, 4.69) is 28.4 Å². The van der Waals surface area contributed by atoms with E-state index >= 15 is 0 Å². The molecule has 0 unspecified atom stereocenters. The van der Waals surface area contributed by atoms with Gasteiger partial charge in [-0.1, -0.05) is 36.9 Å². The van der Waals surface area contributed by atoms with Crippen LogP contribution in [0.4, 0.5) is 5.69 Å². The van der Waals surface area contributed by atoms with E-state index in [1.807, 2.05) is 18.2 Å². The van der Waals surface area contributed by atoms with Gasteiger partial charge in [-0.05, 0) is 49.2 Å². The zero-order chi connectivity index (χ0) is 24.1. The highest BCUT2D eigenvalue weighted by Gasteiger charge is 2.16. The normalized spacial score (nSPS) is 10.9. The predicted octanol–water partition coefficient (Wildman–Crippen LogP) is 3.42. The molecule has 1 amide bonds. The third-order valence-electron chi connectivity index (χ3n) is 5.00. The van der Waals surface area contributed by atoms with Crippen molar-refractivity contribution >= 4 is 35.0 Å². The Labute approximate surface area is 199 Å². The Balaban J connectivity index is 1.52. The van der Waals surface area contributed by atoms with Crippen molar-refractivity contribution in [3.63, 3.8) is 0 Å². The van der Waals surface area contributed by atoms with Crippen LogP contribution in [0.25, 0.3) is 5.65 Å². The predicted molar refractivity (Wildman–Crippen MR) is 128 cm³/mol. The fourth-order valence-electron chi connectivity index (χ4n) is 3.34. The molecule has 0 atom stereocenters. The van der Waals surface area contributed by atoms with Crippen LogP contribution in [-0.4, -0.2) is 37.6 Å². The van der Waals surface area contributed by atoms with Crippen molar-refractivity contribution in [3.05, 3.63) is 82.5 Å². The van der Waals surface area contributed by atoms with Crippen molar-refractivity contribution < 1.29 is 14.3 Å². The van der Waals surface area contributed by atoms with E-state index in [1.54, 1.807) is 37.4 Å². The van der Waals surface area contributed by atoms with Gasteiger partial charge in [0.1, 0.15) is 11.6 Å². The first kappa shape index (κ1) is 23.2. The van der Waals surface area contributed by atoms with E-state index in [1.165, 1.54) is 27.9 Å². The quantitative estimate of drug-likeness (QED) is 0.388. The van der Waals surface area contributed by atoms with Crippen LogP contribution in [-0.2, 0) is 22.5 Å². The maximum Gasteiger partial charge on any atom is 0.350 e. The van der Waals surface area contributed by atoms with Crippen LogP contribution in [0.2, 0.25) is 0 Å². The van der Waals surface area contributed by atoms with Gasteiger partial charge in [-0.25, -0.2) is 23.7 Å². The molecule has 2 aromatic carbocycles. The van der Waals surface area contributed by atoms with Gasteiger partial charge < -0.3 is 10.1 Å². The number of carbonyl (C=O) groups excluding carboxylic acids is 2. The second-order valence-electron chi connectivity index (χ2n) is 7.28. The number of esters is 1. The summed E-state index contributed by atoms with van der Waals surface area (Å²) >= 11 is 1.43. The maximum atomic E-state index is 12.8. The van der Waals surface area contributed by atoms with Crippen molar-refractivity contribution in [1.29, 1.82) is 0 Å². The third-order valence-corrected chi connectivity index (χ3v) is 6.10. The highest BCUT2D eigenvalue weighted by atomic mass is 32.2. The number of nitrogens with one attached hydrogen (secondary N) is 1. The van der Waals surface area contributed by atoms with Crippen LogP contribution in [0.1, 0.15) is 29.8 Å². The Kier molecular flexibility index (Phi) is 7.07. The van der Waals surface area contributed by atoms with Crippen molar-refractivity contribution in [2.24, 2.45) is 0 Å². The molecule has 0 aliphatic rings. The van der Waals surface area contributed by atoms with E-state index in [-0.39, 0.29) is 13.2 Å². The van der Waals surface area contributed by atoms with Gasteiger partial charge >= 0.3 is 11.7 Å². The molecule has 0 saturated carbocycles. The van der Waals surface area contributed by atoms with Crippen LogP contribution in [0.15, 0.2) is 75.6 Å². The zero-order valence-corrected chi connectivity index (χ0v) is 19.5. The van der Waals surface area contributed by atoms with Crippen molar-refractivity contribution in [2.75, 3.05) is 11.9 Å². The molecule has 0 aliphatic heterocycles. The summed E-state index contributed by atoms with van der Waals surface area (Å²) in [6.45, 7) is 3.83. The summed E-state index contributed by atoms with van der Waals surface area (Å²) in [5, 5.41) is 7.65. The second-order valence-corrected chi connectivity index (χ2v) is 8.31. The number of hydrogen-bond donors (Lipinski definition) is 1. The zero-order valence-electron chi connectivity index (χ0n) is 18.7. The summed E-state index contributed by atoms with van der Waals surface area (Å²) in [6, 6.07) is 14.3. The van der Waals surface area contributed by atoms with Crippen LogP contribution in [0.3, 0.4) is 0 Å². The van der Waals surface area contributed by atoms with Crippen LogP contribution >= 0.6 is 11.8 Å². The molecule has 0 fully saturated rings. The molecular formula is C24H23N5O4S. The molecule has 0 bridgehead atoms. The van der Waals surface area contributed by atoms with E-state index in [4.69, 9.17) is 4.74 Å². The maximum absolute atomic E-state index is 12.8. The number of nitrogens with zero attached hydrogens (tertiary/aromatic N) is 4. The number of rotatable bonds is 8. The molecule has 10 heteroatoms. The minimum atomic E-state index is -0.434. The highest BCUT2D eigenvalue weighted by Crippen LogP contribution is 2.31. The lowest BCUT2D eigenvalue weighted by Crippen LogP contribution is -2.28. The van der Waals surface area contributed by atoms with Gasteiger partial charge in [-0.2, -0.15) is 0 Å². The van der Waals surface area contributed by atoms with Crippen molar-refractivity contribution in [1.82, 2.24) is 19.2 Å². The van der Waals surface area contributed by atoms with Crippen molar-refractivity contribution in [3.8, 4) is 0 Å². The van der Waals surface area contributed by atoms with Gasteiger partial charge in [0.15, 0.2) is 5.65 Å². The van der Waals surface area contributed by atoms with Crippen LogP contribution < -0.4 is 11.0 Å². The molecule has 174 valence electrons. The third kappa shape index (κ3) is 5.01. The number of ether oxygens (including phenoxy) is 1. The smallest absolute Gasteiger partial charge is 0.350 e. The van der Waals surface area contributed by atoms with Gasteiger partial charge in [-0.3, -0.25) is 4.79 Å². The number of anilines is 1. The summed E-state index contributed by atoms with van der Waals surface area (Å²) in [5.41, 5.74) is 2.00. The number of aromatic nitrogens is 4. The van der Waals surface area contributed by atoms with Gasteiger partial charge in [0.2, 0.25) is 5.91 Å². The first-order valence-corrected chi connectivity index (χ1v) is 11.6. The number of hydrogen-bond acceptors (Lipinski definition) is 7. The summed E-state index contributed by atoms with van der Waals surface area (Å²) in [6.07, 6.45) is 3.94. The molecule has 0 saturated heterocycles. The topological polar surface area (TPSA) is 108 Å². The van der Waals surface area contributed by atoms with Gasteiger partial charge in [0, 0.05) is 23.0 Å². The Morgan fingerprint density at radius 2 is 1.85 bits per heavy atom.